The van der Waals surface area contributed by atoms with E-state index in [0.29, 0.717) is 24.8 Å². The molecule has 1 aliphatic heterocycles. The zero-order chi connectivity index (χ0) is 18.0. The minimum absolute atomic E-state index is 0.0124. The maximum atomic E-state index is 12.6. The summed E-state index contributed by atoms with van der Waals surface area (Å²) in [7, 11) is -3.32. The van der Waals surface area contributed by atoms with Crippen molar-refractivity contribution in [3.8, 4) is 0 Å². The molecule has 2 atom stereocenters. The third-order valence-corrected chi connectivity index (χ3v) is 5.44. The van der Waals surface area contributed by atoms with Gasteiger partial charge >= 0.3 is 0 Å². The van der Waals surface area contributed by atoms with Gasteiger partial charge in [0.1, 0.15) is 0 Å². The van der Waals surface area contributed by atoms with Crippen molar-refractivity contribution in [1.29, 1.82) is 0 Å². The Morgan fingerprint density at radius 1 is 1.16 bits per heavy atom. The van der Waals surface area contributed by atoms with Crippen LogP contribution in [-0.4, -0.2) is 38.6 Å². The monoisotopic (exact) mass is 365 g/mol. The highest BCUT2D eigenvalue weighted by atomic mass is 32.2. The van der Waals surface area contributed by atoms with Gasteiger partial charge in [-0.2, -0.15) is 0 Å². The number of sulfonamides is 1. The molecule has 0 saturated heterocycles. The van der Waals surface area contributed by atoms with Crippen LogP contribution in [-0.2, 0) is 21.2 Å². The molecular formula is C17H23N3O4S. The lowest BCUT2D eigenvalue weighted by molar-refractivity contribution is -0.116. The second-order valence-electron chi connectivity index (χ2n) is 6.78. The molecule has 7 nitrogen and oxygen atoms in total. The van der Waals surface area contributed by atoms with Gasteiger partial charge in [-0.25, -0.2) is 13.1 Å². The summed E-state index contributed by atoms with van der Waals surface area (Å²) in [5, 5.41) is 5.76. The predicted molar refractivity (Wildman–Crippen MR) is 94.9 cm³/mol. The van der Waals surface area contributed by atoms with Gasteiger partial charge in [-0.1, -0.05) is 12.8 Å². The molecule has 0 spiro atoms. The fraction of sp³-hybridized carbons (Fsp3) is 0.529. The van der Waals surface area contributed by atoms with E-state index in [9.17, 15) is 18.0 Å². The van der Waals surface area contributed by atoms with E-state index in [1.165, 1.54) is 0 Å². The van der Waals surface area contributed by atoms with Crippen molar-refractivity contribution in [3.63, 3.8) is 0 Å². The van der Waals surface area contributed by atoms with Gasteiger partial charge in [0.05, 0.1) is 6.26 Å². The summed E-state index contributed by atoms with van der Waals surface area (Å²) in [6.45, 7) is 0. The molecule has 1 saturated carbocycles. The van der Waals surface area contributed by atoms with E-state index in [1.807, 2.05) is 0 Å². The summed E-state index contributed by atoms with van der Waals surface area (Å²) < 4.78 is 25.7. The van der Waals surface area contributed by atoms with Crippen LogP contribution in [0.4, 0.5) is 5.69 Å². The normalized spacial score (nSPS) is 23.5. The number of benzene rings is 1. The molecule has 0 aromatic heterocycles. The Hall–Kier alpha value is -1.93. The van der Waals surface area contributed by atoms with Gasteiger partial charge in [0.2, 0.25) is 15.9 Å². The molecule has 0 bridgehead atoms. The van der Waals surface area contributed by atoms with Gasteiger partial charge in [-0.3, -0.25) is 9.59 Å². The topological polar surface area (TPSA) is 104 Å². The molecule has 0 radical (unpaired) electrons. The number of anilines is 1. The quantitative estimate of drug-likeness (QED) is 0.745. The second-order valence-corrected chi connectivity index (χ2v) is 8.56. The largest absolute Gasteiger partial charge is 0.348 e. The fourth-order valence-electron chi connectivity index (χ4n) is 3.50. The molecule has 136 valence electrons. The smallest absolute Gasteiger partial charge is 0.251 e. The summed E-state index contributed by atoms with van der Waals surface area (Å²) in [6, 6.07) is 4.73. The van der Waals surface area contributed by atoms with E-state index in [1.54, 1.807) is 18.2 Å². The number of fused-ring (bicyclic) bond motifs is 1. The maximum Gasteiger partial charge on any atom is 0.251 e. The number of nitrogens with one attached hydrogen (secondary N) is 3. The van der Waals surface area contributed by atoms with Gasteiger partial charge in [-0.15, -0.1) is 0 Å². The molecule has 1 heterocycles. The van der Waals surface area contributed by atoms with E-state index in [-0.39, 0.29) is 23.9 Å². The lowest BCUT2D eigenvalue weighted by atomic mass is 9.90. The van der Waals surface area contributed by atoms with E-state index in [2.05, 4.69) is 15.4 Å². The maximum absolute atomic E-state index is 12.6. The van der Waals surface area contributed by atoms with Crippen LogP contribution in [0, 0.1) is 0 Å². The molecule has 0 unspecified atom stereocenters. The average molecular weight is 365 g/mol. The first-order chi connectivity index (χ1) is 11.8. The van der Waals surface area contributed by atoms with Crippen molar-refractivity contribution in [2.75, 3.05) is 11.6 Å². The fourth-order valence-corrected chi connectivity index (χ4v) is 4.33. The van der Waals surface area contributed by atoms with E-state index in [0.717, 1.165) is 36.8 Å². The summed E-state index contributed by atoms with van der Waals surface area (Å²) in [5.74, 6) is -0.228. The summed E-state index contributed by atoms with van der Waals surface area (Å²) in [5.41, 5.74) is 2.22. The SMILES string of the molecule is CS(=O)(=O)N[C@@H]1CCCC[C@H]1NC(=O)c1ccc2c(c1)CCC(=O)N2. The Kier molecular flexibility index (Phi) is 5.10. The van der Waals surface area contributed by atoms with Crippen molar-refractivity contribution >= 4 is 27.5 Å². The van der Waals surface area contributed by atoms with Crippen molar-refractivity contribution in [3.05, 3.63) is 29.3 Å². The molecule has 8 heteroatoms. The Bertz CT molecular complexity index is 791. The second kappa shape index (κ2) is 7.13. The number of hydrogen-bond donors (Lipinski definition) is 3. The Morgan fingerprint density at radius 3 is 2.60 bits per heavy atom. The zero-order valence-corrected chi connectivity index (χ0v) is 15.0. The number of hydrogen-bond acceptors (Lipinski definition) is 4. The van der Waals surface area contributed by atoms with Crippen LogP contribution in [0.25, 0.3) is 0 Å². The van der Waals surface area contributed by atoms with Gasteiger partial charge in [0.25, 0.3) is 5.91 Å². The number of aryl methyl sites for hydroxylation is 1. The molecule has 3 rings (SSSR count). The third kappa shape index (κ3) is 4.58. The van der Waals surface area contributed by atoms with E-state index < -0.39 is 10.0 Å². The highest BCUT2D eigenvalue weighted by Gasteiger charge is 2.29. The number of carbonyl (C=O) groups is 2. The molecule has 1 fully saturated rings. The molecule has 1 aromatic rings. The van der Waals surface area contributed by atoms with Crippen LogP contribution < -0.4 is 15.4 Å². The van der Waals surface area contributed by atoms with Crippen LogP contribution in [0.1, 0.15) is 48.0 Å². The third-order valence-electron chi connectivity index (χ3n) is 4.71. The first-order valence-corrected chi connectivity index (χ1v) is 10.4. The molecule has 1 aliphatic carbocycles. The van der Waals surface area contributed by atoms with Crippen LogP contribution in [0.3, 0.4) is 0 Å². The van der Waals surface area contributed by atoms with Gasteiger partial charge in [0.15, 0.2) is 0 Å². The van der Waals surface area contributed by atoms with Crippen LogP contribution in [0.5, 0.6) is 0 Å². The van der Waals surface area contributed by atoms with Crippen molar-refractivity contribution in [2.24, 2.45) is 0 Å². The summed E-state index contributed by atoms with van der Waals surface area (Å²) >= 11 is 0. The zero-order valence-electron chi connectivity index (χ0n) is 14.2. The number of amides is 2. The Morgan fingerprint density at radius 2 is 1.88 bits per heavy atom. The molecule has 1 aromatic carbocycles. The number of carbonyl (C=O) groups excluding carboxylic acids is 2. The van der Waals surface area contributed by atoms with Gasteiger partial charge in [0, 0.05) is 29.8 Å². The molecule has 2 aliphatic rings. The van der Waals surface area contributed by atoms with Crippen molar-refractivity contribution in [1.82, 2.24) is 10.0 Å². The molecule has 25 heavy (non-hydrogen) atoms. The first-order valence-electron chi connectivity index (χ1n) is 8.53. The standard InChI is InChI=1S/C17H23N3O4S/c1-25(23,24)20-15-5-3-2-4-14(15)19-17(22)12-6-8-13-11(10-12)7-9-16(21)18-13/h6,8,10,14-15,20H,2-5,7,9H2,1H3,(H,18,21)(H,19,22)/t14-,15-/m1/s1. The van der Waals surface area contributed by atoms with Crippen LogP contribution in [0.15, 0.2) is 18.2 Å². The van der Waals surface area contributed by atoms with Crippen molar-refractivity contribution < 1.29 is 18.0 Å². The van der Waals surface area contributed by atoms with E-state index >= 15 is 0 Å². The van der Waals surface area contributed by atoms with Crippen LogP contribution in [0.2, 0.25) is 0 Å². The minimum atomic E-state index is -3.32. The highest BCUT2D eigenvalue weighted by Crippen LogP contribution is 2.24. The van der Waals surface area contributed by atoms with Crippen molar-refractivity contribution in [2.45, 2.75) is 50.6 Å². The number of rotatable bonds is 4. The lowest BCUT2D eigenvalue weighted by Gasteiger charge is -2.32. The molecular weight excluding hydrogens is 342 g/mol. The summed E-state index contributed by atoms with van der Waals surface area (Å²) in [6.07, 6.45) is 5.54. The minimum Gasteiger partial charge on any atom is -0.348 e. The van der Waals surface area contributed by atoms with Gasteiger partial charge in [-0.05, 0) is 43.0 Å². The molecule has 3 N–H and O–H groups in total. The average Bonchev–Trinajstić information content (AvgIpc) is 2.54. The van der Waals surface area contributed by atoms with Crippen LogP contribution >= 0.6 is 0 Å². The van der Waals surface area contributed by atoms with Gasteiger partial charge < -0.3 is 10.6 Å². The first kappa shape index (κ1) is 17.9. The van der Waals surface area contributed by atoms with E-state index in [4.69, 9.17) is 0 Å². The Balaban J connectivity index is 1.71. The molecule has 2 amide bonds. The predicted octanol–water partition coefficient (Wildman–Crippen LogP) is 1.16. The Labute approximate surface area is 147 Å². The lowest BCUT2D eigenvalue weighted by Crippen LogP contribution is -2.52. The summed E-state index contributed by atoms with van der Waals surface area (Å²) in [4.78, 5) is 24.0. The highest BCUT2D eigenvalue weighted by molar-refractivity contribution is 7.88.